The van der Waals surface area contributed by atoms with Crippen LogP contribution in [0.5, 0.6) is 0 Å². The molecule has 1 aromatic carbocycles. The quantitative estimate of drug-likeness (QED) is 0.598. The minimum absolute atomic E-state index is 0.0613. The molecule has 0 aliphatic heterocycles. The number of Topliss-reactive ketones (excluding diaryl/α,β-unsaturated/α-hetero) is 1. The predicted octanol–water partition coefficient (Wildman–Crippen LogP) is 4.42. The summed E-state index contributed by atoms with van der Waals surface area (Å²) >= 11 is 12.2. The Bertz CT molecular complexity index is 1070. The van der Waals surface area contributed by atoms with Gasteiger partial charge in [0.15, 0.2) is 5.78 Å². The van der Waals surface area contributed by atoms with Crippen LogP contribution in [0.4, 0.5) is 0 Å². The summed E-state index contributed by atoms with van der Waals surface area (Å²) < 4.78 is 27.7. The smallest absolute Gasteiger partial charge is 0.245 e. The Morgan fingerprint density at radius 1 is 1.16 bits per heavy atom. The molecule has 176 valence electrons. The van der Waals surface area contributed by atoms with Crippen molar-refractivity contribution >= 4 is 44.9 Å². The monoisotopic (exact) mass is 500 g/mol. The van der Waals surface area contributed by atoms with Gasteiger partial charge in [-0.2, -0.15) is 4.31 Å². The van der Waals surface area contributed by atoms with Crippen LogP contribution in [-0.4, -0.2) is 37.0 Å². The maximum Gasteiger partial charge on any atom is 0.245 e. The third-order valence-corrected chi connectivity index (χ3v) is 11.3. The number of likely N-dealkylation sites (N-methyl/N-ethyl adjacent to an activating group) is 1. The molecule has 2 N–H and O–H groups in total. The highest BCUT2D eigenvalue weighted by molar-refractivity contribution is 7.89. The van der Waals surface area contributed by atoms with Gasteiger partial charge in [-0.1, -0.05) is 29.3 Å². The van der Waals surface area contributed by atoms with Crippen LogP contribution in [0, 0.1) is 22.7 Å². The van der Waals surface area contributed by atoms with Crippen molar-refractivity contribution in [3.63, 3.8) is 0 Å². The standard InChI is InChI=1S/C23H30Cl2N2O4S/c1-21(2,27(3)32(30,31)17-6-4-5-16(24)19(17)25)18(28)12-22-8-14-7-15(9-22)11-23(10-14,13-22)20(26)29/h4-6,14-15H,7-13H2,1-3H3,(H2,26,29). The van der Waals surface area contributed by atoms with Crippen molar-refractivity contribution < 1.29 is 18.0 Å². The van der Waals surface area contributed by atoms with E-state index < -0.39 is 21.0 Å². The van der Waals surface area contributed by atoms with Gasteiger partial charge in [0.05, 0.1) is 21.0 Å². The van der Waals surface area contributed by atoms with Crippen molar-refractivity contribution in [3.05, 3.63) is 28.2 Å². The summed E-state index contributed by atoms with van der Waals surface area (Å²) in [5, 5.41) is 0.0735. The summed E-state index contributed by atoms with van der Waals surface area (Å²) in [4.78, 5) is 25.8. The predicted molar refractivity (Wildman–Crippen MR) is 124 cm³/mol. The summed E-state index contributed by atoms with van der Waals surface area (Å²) in [6.45, 7) is 3.24. The van der Waals surface area contributed by atoms with Gasteiger partial charge < -0.3 is 5.73 Å². The zero-order chi connectivity index (χ0) is 23.7. The molecule has 9 heteroatoms. The summed E-state index contributed by atoms with van der Waals surface area (Å²) in [7, 11) is -2.67. The lowest BCUT2D eigenvalue weighted by atomic mass is 9.43. The number of halogens is 2. The molecular formula is C23H30Cl2N2O4S. The van der Waals surface area contributed by atoms with E-state index in [9.17, 15) is 18.0 Å². The fourth-order valence-corrected chi connectivity index (χ4v) is 9.04. The molecule has 5 rings (SSSR count). The molecular weight excluding hydrogens is 471 g/mol. The fourth-order valence-electron chi connectivity index (χ4n) is 6.81. The van der Waals surface area contributed by atoms with Crippen LogP contribution in [-0.2, 0) is 19.6 Å². The lowest BCUT2D eigenvalue weighted by Gasteiger charge is -2.61. The second kappa shape index (κ2) is 7.69. The molecule has 2 unspecified atom stereocenters. The normalized spacial score (nSPS) is 31.8. The second-order valence-corrected chi connectivity index (χ2v) is 13.5. The first-order chi connectivity index (χ1) is 14.7. The Hall–Kier alpha value is -1.15. The van der Waals surface area contributed by atoms with Gasteiger partial charge in [-0.05, 0) is 81.8 Å². The van der Waals surface area contributed by atoms with E-state index in [2.05, 4.69) is 0 Å². The highest BCUT2D eigenvalue weighted by Gasteiger charge is 2.61. The summed E-state index contributed by atoms with van der Waals surface area (Å²) in [5.74, 6) is 0.402. The van der Waals surface area contributed by atoms with Gasteiger partial charge in [0.2, 0.25) is 15.9 Å². The number of ketones is 1. The van der Waals surface area contributed by atoms with Gasteiger partial charge in [0.25, 0.3) is 0 Å². The van der Waals surface area contributed by atoms with E-state index in [0.717, 1.165) is 36.4 Å². The average Bonchev–Trinajstić information content (AvgIpc) is 2.67. The van der Waals surface area contributed by atoms with Gasteiger partial charge in [-0.3, -0.25) is 9.59 Å². The molecule has 1 amide bonds. The molecule has 0 spiro atoms. The number of primary amides is 1. The topological polar surface area (TPSA) is 97.5 Å². The molecule has 4 saturated carbocycles. The molecule has 4 bridgehead atoms. The van der Waals surface area contributed by atoms with Gasteiger partial charge in [0.1, 0.15) is 4.90 Å². The van der Waals surface area contributed by atoms with E-state index in [-0.39, 0.29) is 38.5 Å². The molecule has 4 aliphatic carbocycles. The van der Waals surface area contributed by atoms with Crippen LogP contribution in [0.2, 0.25) is 10.0 Å². The van der Waals surface area contributed by atoms with Crippen molar-refractivity contribution in [2.24, 2.45) is 28.4 Å². The molecule has 0 saturated heterocycles. The highest BCUT2D eigenvalue weighted by Crippen LogP contribution is 2.66. The van der Waals surface area contributed by atoms with Crippen LogP contribution in [0.15, 0.2) is 23.1 Å². The molecule has 0 radical (unpaired) electrons. The highest BCUT2D eigenvalue weighted by atomic mass is 35.5. The number of carbonyl (C=O) groups is 2. The van der Waals surface area contributed by atoms with E-state index in [1.807, 2.05) is 0 Å². The Kier molecular flexibility index (Phi) is 5.76. The van der Waals surface area contributed by atoms with Crippen molar-refractivity contribution in [3.8, 4) is 0 Å². The maximum atomic E-state index is 13.6. The van der Waals surface area contributed by atoms with E-state index >= 15 is 0 Å². The number of hydrogen-bond donors (Lipinski definition) is 1. The van der Waals surface area contributed by atoms with E-state index in [1.54, 1.807) is 13.8 Å². The van der Waals surface area contributed by atoms with Gasteiger partial charge in [0, 0.05) is 13.5 Å². The van der Waals surface area contributed by atoms with E-state index in [4.69, 9.17) is 28.9 Å². The van der Waals surface area contributed by atoms with Gasteiger partial charge in [-0.15, -0.1) is 0 Å². The van der Waals surface area contributed by atoms with Crippen molar-refractivity contribution in [2.75, 3.05) is 7.05 Å². The molecule has 0 aromatic heterocycles. The second-order valence-electron chi connectivity index (χ2n) is 10.8. The zero-order valence-corrected chi connectivity index (χ0v) is 21.0. The Balaban J connectivity index is 1.60. The molecule has 32 heavy (non-hydrogen) atoms. The van der Waals surface area contributed by atoms with Crippen molar-refractivity contribution in [1.82, 2.24) is 4.31 Å². The largest absolute Gasteiger partial charge is 0.369 e. The summed E-state index contributed by atoms with van der Waals surface area (Å²) in [6, 6.07) is 4.42. The third-order valence-electron chi connectivity index (χ3n) is 8.26. The first kappa shape index (κ1) is 24.0. The number of sulfonamides is 1. The number of rotatable bonds is 7. The SMILES string of the molecule is CN(C(C)(C)C(=O)CC12CC3CC(C1)CC(C(N)=O)(C3)C2)S(=O)(=O)c1cccc(Cl)c1Cl. The van der Waals surface area contributed by atoms with Gasteiger partial charge in [-0.25, -0.2) is 8.42 Å². The number of nitrogens with zero attached hydrogens (tertiary/aromatic N) is 1. The van der Waals surface area contributed by atoms with Crippen LogP contribution in [0.25, 0.3) is 0 Å². The average molecular weight is 501 g/mol. The van der Waals surface area contributed by atoms with Crippen LogP contribution in [0.1, 0.15) is 58.8 Å². The Morgan fingerprint density at radius 3 is 2.31 bits per heavy atom. The van der Waals surface area contributed by atoms with Crippen molar-refractivity contribution in [2.45, 2.75) is 69.2 Å². The van der Waals surface area contributed by atoms with Crippen LogP contribution >= 0.6 is 23.2 Å². The third kappa shape index (κ3) is 3.69. The van der Waals surface area contributed by atoms with Crippen molar-refractivity contribution in [1.29, 1.82) is 0 Å². The molecule has 2 atom stereocenters. The van der Waals surface area contributed by atoms with E-state index in [0.29, 0.717) is 18.3 Å². The number of amides is 1. The first-order valence-electron chi connectivity index (χ1n) is 11.0. The molecule has 0 heterocycles. The lowest BCUT2D eigenvalue weighted by Crippen LogP contribution is -2.59. The Morgan fingerprint density at radius 2 is 1.75 bits per heavy atom. The zero-order valence-electron chi connectivity index (χ0n) is 18.7. The first-order valence-corrected chi connectivity index (χ1v) is 13.2. The van der Waals surface area contributed by atoms with Crippen LogP contribution in [0.3, 0.4) is 0 Å². The molecule has 6 nitrogen and oxygen atoms in total. The van der Waals surface area contributed by atoms with Gasteiger partial charge >= 0.3 is 0 Å². The minimum Gasteiger partial charge on any atom is -0.369 e. The fraction of sp³-hybridized carbons (Fsp3) is 0.652. The molecule has 1 aromatic rings. The van der Waals surface area contributed by atoms with Crippen LogP contribution < -0.4 is 5.73 Å². The molecule has 4 aliphatic rings. The lowest BCUT2D eigenvalue weighted by molar-refractivity contribution is -0.159. The Labute approximate surface area is 199 Å². The number of benzene rings is 1. The maximum absolute atomic E-state index is 13.6. The minimum atomic E-state index is -4.06. The number of carbonyl (C=O) groups excluding carboxylic acids is 2. The summed E-state index contributed by atoms with van der Waals surface area (Å²) in [5.41, 5.74) is 3.73. The van der Waals surface area contributed by atoms with E-state index in [1.165, 1.54) is 25.2 Å². The summed E-state index contributed by atoms with van der Waals surface area (Å²) in [6.07, 6.45) is 5.40. The number of nitrogens with two attached hydrogens (primary N) is 1. The molecule has 4 fully saturated rings. The number of hydrogen-bond acceptors (Lipinski definition) is 4.